The zero-order valence-electron chi connectivity index (χ0n) is 14.1. The van der Waals surface area contributed by atoms with Gasteiger partial charge in [-0.25, -0.2) is 4.79 Å². The predicted molar refractivity (Wildman–Crippen MR) is 105 cm³/mol. The summed E-state index contributed by atoms with van der Waals surface area (Å²) in [6.45, 7) is 8.68. The Hall–Kier alpha value is -2.57. The van der Waals surface area contributed by atoms with E-state index in [1.807, 2.05) is 6.92 Å². The van der Waals surface area contributed by atoms with Gasteiger partial charge in [0.05, 0.1) is 5.56 Å². The first-order valence-electron chi connectivity index (χ1n) is 7.54. The van der Waals surface area contributed by atoms with Gasteiger partial charge in [-0.15, -0.1) is 0 Å². The van der Waals surface area contributed by atoms with Crippen molar-refractivity contribution in [2.24, 2.45) is 0 Å². The molecule has 2 rings (SSSR count). The molecule has 0 aliphatic heterocycles. The van der Waals surface area contributed by atoms with E-state index in [0.29, 0.717) is 11.3 Å². The number of benzene rings is 2. The SMILES string of the molecule is C=CC(=O)Sc1ccc(C(=O)Oc2ccc(SC(=O)C=C)c(C)c2)cc1. The zero-order valence-corrected chi connectivity index (χ0v) is 15.7. The van der Waals surface area contributed by atoms with Crippen LogP contribution < -0.4 is 4.74 Å². The average Bonchev–Trinajstić information content (AvgIpc) is 2.64. The molecule has 0 aromatic heterocycles. The number of hydrogen-bond acceptors (Lipinski definition) is 6. The standard InChI is InChI=1S/C20H16O4S2/c1-4-18(21)25-16-9-6-14(7-10-16)20(23)24-15-8-11-17(13(3)12-15)26-19(22)5-2/h4-12H,1-2H2,3H3. The van der Waals surface area contributed by atoms with E-state index >= 15 is 0 Å². The van der Waals surface area contributed by atoms with Crippen LogP contribution in [0.15, 0.2) is 77.6 Å². The predicted octanol–water partition coefficient (Wildman–Crippen LogP) is 4.82. The van der Waals surface area contributed by atoms with Crippen LogP contribution >= 0.6 is 23.5 Å². The van der Waals surface area contributed by atoms with E-state index < -0.39 is 5.97 Å². The number of aryl methyl sites for hydroxylation is 1. The summed E-state index contributed by atoms with van der Waals surface area (Å²) in [5, 5.41) is -0.311. The number of hydrogen-bond donors (Lipinski definition) is 0. The minimum atomic E-state index is -0.501. The minimum absolute atomic E-state index is 0.147. The first-order chi connectivity index (χ1) is 12.4. The summed E-state index contributed by atoms with van der Waals surface area (Å²) >= 11 is 2.10. The second kappa shape index (κ2) is 9.22. The molecule has 2 aromatic carbocycles. The van der Waals surface area contributed by atoms with Crippen LogP contribution in [0.1, 0.15) is 15.9 Å². The average molecular weight is 384 g/mol. The highest BCUT2D eigenvalue weighted by atomic mass is 32.2. The van der Waals surface area contributed by atoms with Crippen molar-refractivity contribution in [3.05, 3.63) is 78.9 Å². The highest BCUT2D eigenvalue weighted by molar-refractivity contribution is 8.14. The third kappa shape index (κ3) is 5.47. The molecule has 0 heterocycles. The van der Waals surface area contributed by atoms with Gasteiger partial charge in [0, 0.05) is 9.79 Å². The van der Waals surface area contributed by atoms with Crippen molar-refractivity contribution >= 4 is 39.7 Å². The number of esters is 1. The fourth-order valence-corrected chi connectivity index (χ4v) is 3.18. The fraction of sp³-hybridized carbons (Fsp3) is 0.0500. The Bertz CT molecular complexity index is 870. The van der Waals surface area contributed by atoms with Gasteiger partial charge in [-0.05, 0) is 90.6 Å². The normalized spacial score (nSPS) is 10.0. The van der Waals surface area contributed by atoms with Crippen LogP contribution in [-0.2, 0) is 9.59 Å². The summed E-state index contributed by atoms with van der Waals surface area (Å²) < 4.78 is 5.37. The van der Waals surface area contributed by atoms with Crippen LogP contribution in [0.5, 0.6) is 5.75 Å². The molecule has 0 bridgehead atoms. The molecule has 0 aliphatic rings. The van der Waals surface area contributed by atoms with Crippen LogP contribution in [0.25, 0.3) is 0 Å². The maximum absolute atomic E-state index is 12.2. The molecule has 0 fully saturated rings. The van der Waals surface area contributed by atoms with E-state index in [1.165, 1.54) is 12.2 Å². The van der Waals surface area contributed by atoms with Crippen LogP contribution in [-0.4, -0.2) is 16.2 Å². The van der Waals surface area contributed by atoms with Gasteiger partial charge in [0.15, 0.2) is 0 Å². The van der Waals surface area contributed by atoms with E-state index in [1.54, 1.807) is 42.5 Å². The van der Waals surface area contributed by atoms with Gasteiger partial charge < -0.3 is 4.74 Å². The molecule has 0 radical (unpaired) electrons. The summed E-state index contributed by atoms with van der Waals surface area (Å²) in [7, 11) is 0. The molecule has 0 aliphatic carbocycles. The van der Waals surface area contributed by atoms with Gasteiger partial charge in [0.25, 0.3) is 0 Å². The summed E-state index contributed by atoms with van der Waals surface area (Å²) in [4.78, 5) is 36.5. The van der Waals surface area contributed by atoms with Gasteiger partial charge in [-0.2, -0.15) is 0 Å². The zero-order chi connectivity index (χ0) is 19.1. The first-order valence-corrected chi connectivity index (χ1v) is 9.17. The smallest absolute Gasteiger partial charge is 0.343 e. The maximum atomic E-state index is 12.2. The van der Waals surface area contributed by atoms with Gasteiger partial charge in [0.2, 0.25) is 10.2 Å². The number of ether oxygens (including phenoxy) is 1. The van der Waals surface area contributed by atoms with Crippen molar-refractivity contribution in [2.45, 2.75) is 16.7 Å². The van der Waals surface area contributed by atoms with Crippen LogP contribution in [0.3, 0.4) is 0 Å². The van der Waals surface area contributed by atoms with Crippen molar-refractivity contribution in [1.82, 2.24) is 0 Å². The Labute approximate surface area is 160 Å². The molecule has 2 aromatic rings. The highest BCUT2D eigenvalue weighted by Crippen LogP contribution is 2.27. The maximum Gasteiger partial charge on any atom is 0.343 e. The van der Waals surface area contributed by atoms with Crippen molar-refractivity contribution in [3.8, 4) is 5.75 Å². The molecule has 4 nitrogen and oxygen atoms in total. The Kier molecular flexibility index (Phi) is 7.00. The fourth-order valence-electron chi connectivity index (χ4n) is 1.93. The molecule has 6 heteroatoms. The molecule has 26 heavy (non-hydrogen) atoms. The van der Waals surface area contributed by atoms with Crippen molar-refractivity contribution < 1.29 is 19.1 Å². The van der Waals surface area contributed by atoms with Crippen molar-refractivity contribution in [2.75, 3.05) is 0 Å². The molecule has 0 atom stereocenters. The van der Waals surface area contributed by atoms with Crippen molar-refractivity contribution in [3.63, 3.8) is 0 Å². The third-order valence-corrected chi connectivity index (χ3v) is 5.13. The molecule has 0 N–H and O–H groups in total. The lowest BCUT2D eigenvalue weighted by Crippen LogP contribution is -2.08. The number of carbonyl (C=O) groups is 3. The van der Waals surface area contributed by atoms with Crippen LogP contribution in [0.4, 0.5) is 0 Å². The van der Waals surface area contributed by atoms with Gasteiger partial charge in [0.1, 0.15) is 5.75 Å². The quantitative estimate of drug-likeness (QED) is 0.308. The van der Waals surface area contributed by atoms with Crippen LogP contribution in [0, 0.1) is 6.92 Å². The second-order valence-electron chi connectivity index (χ2n) is 5.09. The Balaban J connectivity index is 2.06. The Morgan fingerprint density at radius 3 is 2.12 bits per heavy atom. The number of thioether (sulfide) groups is 2. The molecule has 0 amide bonds. The lowest BCUT2D eigenvalue weighted by Gasteiger charge is -2.08. The molecule has 0 saturated heterocycles. The third-order valence-electron chi connectivity index (χ3n) is 3.21. The van der Waals surface area contributed by atoms with E-state index in [2.05, 4.69) is 13.2 Å². The molecule has 0 unspecified atom stereocenters. The minimum Gasteiger partial charge on any atom is -0.423 e. The van der Waals surface area contributed by atoms with E-state index in [4.69, 9.17) is 4.74 Å². The van der Waals surface area contributed by atoms with Crippen molar-refractivity contribution in [1.29, 1.82) is 0 Å². The van der Waals surface area contributed by atoms with Gasteiger partial charge in [-0.1, -0.05) is 13.2 Å². The summed E-state index contributed by atoms with van der Waals surface area (Å²) in [6, 6.07) is 11.6. The largest absolute Gasteiger partial charge is 0.423 e. The molecular formula is C20H16O4S2. The van der Waals surface area contributed by atoms with E-state index in [9.17, 15) is 14.4 Å². The number of carbonyl (C=O) groups excluding carboxylic acids is 3. The van der Waals surface area contributed by atoms with Crippen LogP contribution in [0.2, 0.25) is 0 Å². The molecule has 0 saturated carbocycles. The molecule has 132 valence electrons. The monoisotopic (exact) mass is 384 g/mol. The van der Waals surface area contributed by atoms with E-state index in [0.717, 1.165) is 38.9 Å². The summed E-state index contributed by atoms with van der Waals surface area (Å²) in [5.41, 5.74) is 1.20. The number of rotatable bonds is 6. The lowest BCUT2D eigenvalue weighted by molar-refractivity contribution is -0.107. The summed E-state index contributed by atoms with van der Waals surface area (Å²) in [6.07, 6.45) is 2.49. The second-order valence-corrected chi connectivity index (χ2v) is 7.22. The van der Waals surface area contributed by atoms with Gasteiger partial charge in [-0.3, -0.25) is 9.59 Å². The summed E-state index contributed by atoms with van der Waals surface area (Å²) in [5.74, 6) is -0.109. The molecule has 0 spiro atoms. The van der Waals surface area contributed by atoms with E-state index in [-0.39, 0.29) is 10.2 Å². The first kappa shape index (κ1) is 19.8. The highest BCUT2D eigenvalue weighted by Gasteiger charge is 2.11. The van der Waals surface area contributed by atoms with Gasteiger partial charge >= 0.3 is 5.97 Å². The molecular weight excluding hydrogens is 368 g/mol. The topological polar surface area (TPSA) is 60.4 Å². The Morgan fingerprint density at radius 1 is 0.923 bits per heavy atom. The Morgan fingerprint density at radius 2 is 1.54 bits per heavy atom. The lowest BCUT2D eigenvalue weighted by atomic mass is 10.2.